The standard InChI is InChI=1S/C16H21N3S8.4K/c1-4-17(13(20)21)8-18(14(22)23)7-11-6-9(2)5-10(3)12(11)19(15(24)25)16(26)27;;;;/h5-6H,4,7-8H2,1-3H3,(H,20,21)(H,22,23)(H,24,25)(H,26,27);;;;/q;4*+1/p-3. The first-order valence-electron chi connectivity index (χ1n) is 7.75. The van der Waals surface area contributed by atoms with Crippen LogP contribution in [0.15, 0.2) is 12.1 Å². The van der Waals surface area contributed by atoms with Gasteiger partial charge in [-0.05, 0) is 31.9 Å². The second-order valence-electron chi connectivity index (χ2n) is 5.70. The number of hydrogen-bond acceptors (Lipinski definition) is 7. The molecule has 0 aliphatic heterocycles. The van der Waals surface area contributed by atoms with Crippen LogP contribution in [-0.4, -0.2) is 40.3 Å². The van der Waals surface area contributed by atoms with E-state index in [2.05, 4.69) is 12.6 Å². The Balaban J connectivity index is -0.000000911. The van der Waals surface area contributed by atoms with Crippen molar-refractivity contribution in [1.82, 2.24) is 9.80 Å². The second-order valence-corrected chi connectivity index (χ2v) is 9.91. The van der Waals surface area contributed by atoms with Gasteiger partial charge in [0.2, 0.25) is 0 Å². The Morgan fingerprint density at radius 3 is 1.71 bits per heavy atom. The van der Waals surface area contributed by atoms with Gasteiger partial charge < -0.3 is 89.2 Å². The van der Waals surface area contributed by atoms with Gasteiger partial charge in [0, 0.05) is 13.1 Å². The molecule has 3 nitrogen and oxygen atoms in total. The maximum atomic E-state index is 5.28. The maximum Gasteiger partial charge on any atom is 1.00 e. The van der Waals surface area contributed by atoms with Gasteiger partial charge in [0.1, 0.15) is 4.32 Å². The van der Waals surface area contributed by atoms with Crippen LogP contribution in [0.1, 0.15) is 23.6 Å². The number of benzene rings is 1. The zero-order chi connectivity index (χ0) is 20.9. The number of rotatable bonds is 6. The monoisotopic (exact) mass is 664 g/mol. The van der Waals surface area contributed by atoms with Crippen molar-refractivity contribution in [3.63, 3.8) is 0 Å². The van der Waals surface area contributed by atoms with E-state index in [1.807, 2.05) is 42.7 Å². The molecule has 0 saturated carbocycles. The average molecular weight is 665 g/mol. The molecule has 1 aromatic rings. The molecule has 0 spiro atoms. The van der Waals surface area contributed by atoms with Crippen LogP contribution < -0.4 is 210 Å². The zero-order valence-corrected chi connectivity index (χ0v) is 38.0. The van der Waals surface area contributed by atoms with Crippen molar-refractivity contribution in [2.24, 2.45) is 0 Å². The smallest absolute Gasteiger partial charge is 0.411 e. The minimum atomic E-state index is 0. The number of nitrogens with zero attached hydrogens (tertiary/aromatic N) is 3. The third-order valence-corrected chi connectivity index (χ3v) is 5.50. The molecule has 0 N–H and O–H groups in total. The first-order chi connectivity index (χ1) is 12.5. The van der Waals surface area contributed by atoms with Gasteiger partial charge in [0.25, 0.3) is 0 Å². The molecule has 1 aromatic carbocycles. The first kappa shape index (κ1) is 44.6. The molecule has 0 radical (unpaired) electrons. The SMILES string of the molecule is CCN(CN(Cc1cc(C)cc(C)c1N(C(=S)[S-])C(=S)S)C(=S)[S-])C(=S)[S-].[K+].[K+].[K+].[K+]. The summed E-state index contributed by atoms with van der Waals surface area (Å²) in [5.74, 6) is 0. The van der Waals surface area contributed by atoms with Crippen LogP contribution in [0.4, 0.5) is 5.69 Å². The van der Waals surface area contributed by atoms with Crippen LogP contribution in [0.3, 0.4) is 0 Å². The van der Waals surface area contributed by atoms with Gasteiger partial charge in [-0.3, -0.25) is 0 Å². The van der Waals surface area contributed by atoms with Crippen LogP contribution >= 0.6 is 61.5 Å². The van der Waals surface area contributed by atoms with E-state index in [4.69, 9.17) is 86.8 Å². The van der Waals surface area contributed by atoms with Gasteiger partial charge in [-0.15, -0.1) is 12.6 Å². The summed E-state index contributed by atoms with van der Waals surface area (Å²) in [6.07, 6.45) is 0. The molecule has 0 atom stereocenters. The van der Waals surface area contributed by atoms with Gasteiger partial charge in [-0.2, -0.15) is 0 Å². The minimum absolute atomic E-state index is 0. The van der Waals surface area contributed by atoms with Crippen molar-refractivity contribution in [3.8, 4) is 0 Å². The van der Waals surface area contributed by atoms with E-state index in [1.165, 1.54) is 0 Å². The Morgan fingerprint density at radius 1 is 0.871 bits per heavy atom. The molecule has 1 rings (SSSR count). The fourth-order valence-corrected chi connectivity index (χ4v) is 4.24. The molecule has 0 saturated heterocycles. The summed E-state index contributed by atoms with van der Waals surface area (Å²) < 4.78 is 1.19. The van der Waals surface area contributed by atoms with Crippen LogP contribution in [0.5, 0.6) is 0 Å². The first-order valence-corrected chi connectivity index (χ1v) is 11.1. The quantitative estimate of drug-likeness (QED) is 0.103. The maximum absolute atomic E-state index is 5.28. The Labute approximate surface area is 400 Å². The van der Waals surface area contributed by atoms with E-state index in [0.717, 1.165) is 22.4 Å². The summed E-state index contributed by atoms with van der Waals surface area (Å²) in [6.45, 7) is 7.49. The van der Waals surface area contributed by atoms with E-state index in [1.54, 1.807) is 4.90 Å². The molecule has 0 bridgehead atoms. The van der Waals surface area contributed by atoms with Crippen LogP contribution in [0.25, 0.3) is 0 Å². The predicted octanol–water partition coefficient (Wildman–Crippen LogP) is -8.08. The molecule has 15 heteroatoms. The van der Waals surface area contributed by atoms with Crippen molar-refractivity contribution in [2.75, 3.05) is 18.1 Å². The molecule has 0 aromatic heterocycles. The third-order valence-electron chi connectivity index (χ3n) is 3.72. The largest absolute Gasteiger partial charge is 1.00 e. The van der Waals surface area contributed by atoms with Gasteiger partial charge >= 0.3 is 206 Å². The Bertz CT molecular complexity index is 767. The predicted molar refractivity (Wildman–Crippen MR) is 143 cm³/mol. The summed E-state index contributed by atoms with van der Waals surface area (Å²) in [6, 6.07) is 4.08. The van der Waals surface area contributed by atoms with Crippen LogP contribution in [0.2, 0.25) is 0 Å². The molecule has 0 aliphatic rings. The normalized spacial score (nSPS) is 8.90. The van der Waals surface area contributed by atoms with Crippen molar-refractivity contribution < 1.29 is 206 Å². The summed E-state index contributed by atoms with van der Waals surface area (Å²) >= 11 is 40.8. The van der Waals surface area contributed by atoms with E-state index in [9.17, 15) is 0 Å². The van der Waals surface area contributed by atoms with Gasteiger partial charge in [0.15, 0.2) is 0 Å². The van der Waals surface area contributed by atoms with Crippen molar-refractivity contribution in [2.45, 2.75) is 27.3 Å². The topological polar surface area (TPSA) is 9.72 Å². The average Bonchev–Trinajstić information content (AvgIpc) is 2.52. The van der Waals surface area contributed by atoms with Gasteiger partial charge in [0.05, 0.1) is 12.4 Å². The molecule has 0 unspecified atom stereocenters. The number of thiocarbonyl (C=S) groups is 4. The number of anilines is 1. The fourth-order valence-electron chi connectivity index (χ4n) is 2.62. The van der Waals surface area contributed by atoms with E-state index >= 15 is 0 Å². The van der Waals surface area contributed by atoms with Crippen molar-refractivity contribution in [1.29, 1.82) is 0 Å². The van der Waals surface area contributed by atoms with E-state index in [-0.39, 0.29) is 214 Å². The van der Waals surface area contributed by atoms with Crippen LogP contribution in [-0.2, 0) is 44.4 Å². The van der Waals surface area contributed by atoms with Crippen molar-refractivity contribution in [3.05, 3.63) is 28.8 Å². The summed E-state index contributed by atoms with van der Waals surface area (Å²) in [7, 11) is 0. The summed E-state index contributed by atoms with van der Waals surface area (Å²) in [5.41, 5.74) is 3.82. The molecule has 0 fully saturated rings. The van der Waals surface area contributed by atoms with Crippen LogP contribution in [0, 0.1) is 13.8 Å². The Hall–Kier alpha value is 6.54. The van der Waals surface area contributed by atoms with E-state index in [0.29, 0.717) is 28.4 Å². The Morgan fingerprint density at radius 2 is 1.35 bits per heavy atom. The number of hydrogen-bond donors (Lipinski definition) is 1. The third kappa shape index (κ3) is 15.8. The molecule has 0 heterocycles. The fraction of sp³-hybridized carbons (Fsp3) is 0.375. The van der Waals surface area contributed by atoms with Gasteiger partial charge in [-0.1, -0.05) is 42.9 Å². The molecule has 148 valence electrons. The van der Waals surface area contributed by atoms with Crippen molar-refractivity contribution >= 4 is 122 Å². The number of aryl methyl sites for hydroxylation is 2. The summed E-state index contributed by atoms with van der Waals surface area (Å²) in [4.78, 5) is 5.31. The summed E-state index contributed by atoms with van der Waals surface area (Å²) in [5, 5.41) is 0. The Kier molecular flexibility index (Phi) is 33.4. The zero-order valence-electron chi connectivity index (χ0n) is 18.9. The minimum Gasteiger partial charge on any atom is -0.411 e. The number of thiol groups is 1. The van der Waals surface area contributed by atoms with Gasteiger partial charge in [-0.25, -0.2) is 0 Å². The second kappa shape index (κ2) is 23.3. The van der Waals surface area contributed by atoms with E-state index < -0.39 is 0 Å². The molecule has 0 amide bonds. The molecular weight excluding hydrogens is 647 g/mol. The molecule has 0 aliphatic carbocycles. The molecular formula is C16H18K4N3S8+. The molecule has 31 heavy (non-hydrogen) atoms.